The first-order valence-electron chi connectivity index (χ1n) is 7.27. The van der Waals surface area contributed by atoms with Gasteiger partial charge in [0, 0.05) is 57.7 Å². The second-order valence-electron chi connectivity index (χ2n) is 5.76. The van der Waals surface area contributed by atoms with Crippen LogP contribution >= 0.6 is 0 Å². The summed E-state index contributed by atoms with van der Waals surface area (Å²) in [4.78, 5) is 9.15. The Balaban J connectivity index is 1.92. The number of aromatic nitrogens is 1. The van der Waals surface area contributed by atoms with Crippen molar-refractivity contribution < 1.29 is 0 Å². The summed E-state index contributed by atoms with van der Waals surface area (Å²) in [6.07, 6.45) is 3.71. The van der Waals surface area contributed by atoms with E-state index >= 15 is 0 Å². The van der Waals surface area contributed by atoms with E-state index < -0.39 is 0 Å². The van der Waals surface area contributed by atoms with Gasteiger partial charge in [-0.3, -0.25) is 9.88 Å². The molecular formula is C15H26N4. The lowest BCUT2D eigenvalue weighted by molar-refractivity contribution is 0.0912. The van der Waals surface area contributed by atoms with Gasteiger partial charge in [0.25, 0.3) is 0 Å². The third-order valence-electron chi connectivity index (χ3n) is 3.79. The number of rotatable bonds is 5. The van der Waals surface area contributed by atoms with Crippen molar-refractivity contribution in [1.82, 2.24) is 14.8 Å². The molecule has 2 rings (SSSR count). The highest BCUT2D eigenvalue weighted by molar-refractivity contribution is 5.15. The van der Waals surface area contributed by atoms with Crippen LogP contribution in [-0.4, -0.2) is 54.1 Å². The first-order valence-corrected chi connectivity index (χ1v) is 7.27. The van der Waals surface area contributed by atoms with Gasteiger partial charge in [-0.1, -0.05) is 13.8 Å². The minimum Gasteiger partial charge on any atom is -0.329 e. The summed E-state index contributed by atoms with van der Waals surface area (Å²) in [6.45, 7) is 11.0. The zero-order valence-corrected chi connectivity index (χ0v) is 12.1. The Bertz CT molecular complexity index is 358. The standard InChI is InChI=1S/C15H26N4/c1-13(2)12-18-7-9-19(10-8-18)15(11-16)14-3-5-17-6-4-14/h3-6,13,15H,7-12,16H2,1-2H3. The van der Waals surface area contributed by atoms with Gasteiger partial charge >= 0.3 is 0 Å². The van der Waals surface area contributed by atoms with E-state index in [0.29, 0.717) is 12.6 Å². The van der Waals surface area contributed by atoms with Crippen molar-refractivity contribution in [2.24, 2.45) is 11.7 Å². The van der Waals surface area contributed by atoms with Crippen molar-refractivity contribution >= 4 is 0 Å². The van der Waals surface area contributed by atoms with Gasteiger partial charge in [0.2, 0.25) is 0 Å². The average Bonchev–Trinajstić information content (AvgIpc) is 2.42. The second-order valence-corrected chi connectivity index (χ2v) is 5.76. The summed E-state index contributed by atoms with van der Waals surface area (Å²) >= 11 is 0. The largest absolute Gasteiger partial charge is 0.329 e. The van der Waals surface area contributed by atoms with Crippen LogP contribution in [0.4, 0.5) is 0 Å². The van der Waals surface area contributed by atoms with Gasteiger partial charge in [0.1, 0.15) is 0 Å². The molecule has 0 amide bonds. The number of pyridine rings is 1. The molecule has 0 spiro atoms. The number of hydrogen-bond donors (Lipinski definition) is 1. The predicted octanol–water partition coefficient (Wildman–Crippen LogP) is 1.35. The summed E-state index contributed by atoms with van der Waals surface area (Å²) in [5.74, 6) is 0.747. The van der Waals surface area contributed by atoms with E-state index in [4.69, 9.17) is 5.73 Å². The molecule has 1 unspecified atom stereocenters. The first kappa shape index (κ1) is 14.4. The van der Waals surface area contributed by atoms with Crippen LogP contribution in [-0.2, 0) is 0 Å². The van der Waals surface area contributed by atoms with E-state index in [2.05, 4.69) is 40.8 Å². The Kier molecular flexibility index (Phi) is 5.31. The molecule has 0 aliphatic carbocycles. The van der Waals surface area contributed by atoms with Crippen LogP contribution < -0.4 is 5.73 Å². The van der Waals surface area contributed by atoms with Crippen LogP contribution in [0.1, 0.15) is 25.5 Å². The van der Waals surface area contributed by atoms with Gasteiger partial charge in [-0.05, 0) is 23.6 Å². The smallest absolute Gasteiger partial charge is 0.0472 e. The number of nitrogens with zero attached hydrogens (tertiary/aromatic N) is 3. The van der Waals surface area contributed by atoms with Crippen molar-refractivity contribution in [2.45, 2.75) is 19.9 Å². The van der Waals surface area contributed by atoms with Crippen LogP contribution in [0.3, 0.4) is 0 Å². The molecule has 0 bridgehead atoms. The quantitative estimate of drug-likeness (QED) is 0.870. The highest BCUT2D eigenvalue weighted by atomic mass is 15.3. The molecule has 106 valence electrons. The maximum absolute atomic E-state index is 5.98. The van der Waals surface area contributed by atoms with Gasteiger partial charge in [-0.15, -0.1) is 0 Å². The molecule has 1 aliphatic rings. The van der Waals surface area contributed by atoms with Gasteiger partial charge in [-0.2, -0.15) is 0 Å². The molecule has 2 N–H and O–H groups in total. The molecule has 1 aromatic rings. The van der Waals surface area contributed by atoms with Crippen LogP contribution in [0.2, 0.25) is 0 Å². The summed E-state index contributed by atoms with van der Waals surface area (Å²) in [5, 5.41) is 0. The fraction of sp³-hybridized carbons (Fsp3) is 0.667. The fourth-order valence-corrected chi connectivity index (χ4v) is 2.86. The topological polar surface area (TPSA) is 45.4 Å². The molecule has 1 saturated heterocycles. The summed E-state index contributed by atoms with van der Waals surface area (Å²) in [7, 11) is 0. The Labute approximate surface area is 116 Å². The molecule has 1 aliphatic heterocycles. The van der Waals surface area contributed by atoms with E-state index in [1.807, 2.05) is 12.4 Å². The van der Waals surface area contributed by atoms with Crippen molar-refractivity contribution in [3.8, 4) is 0 Å². The minimum atomic E-state index is 0.337. The molecule has 0 aromatic carbocycles. The Morgan fingerprint density at radius 2 is 1.79 bits per heavy atom. The molecular weight excluding hydrogens is 236 g/mol. The molecule has 0 saturated carbocycles. The molecule has 19 heavy (non-hydrogen) atoms. The predicted molar refractivity (Wildman–Crippen MR) is 78.9 cm³/mol. The molecule has 1 fully saturated rings. The SMILES string of the molecule is CC(C)CN1CCN(C(CN)c2ccncc2)CC1. The lowest BCUT2D eigenvalue weighted by Crippen LogP contribution is -2.49. The van der Waals surface area contributed by atoms with Gasteiger partial charge in [0.15, 0.2) is 0 Å². The molecule has 1 aromatic heterocycles. The summed E-state index contributed by atoms with van der Waals surface area (Å²) in [5.41, 5.74) is 7.26. The van der Waals surface area contributed by atoms with Gasteiger partial charge in [0.05, 0.1) is 0 Å². The maximum Gasteiger partial charge on any atom is 0.0472 e. The third kappa shape index (κ3) is 4.00. The Morgan fingerprint density at radius 3 is 2.32 bits per heavy atom. The van der Waals surface area contributed by atoms with Crippen LogP contribution in [0.5, 0.6) is 0 Å². The zero-order valence-electron chi connectivity index (χ0n) is 12.1. The maximum atomic E-state index is 5.98. The lowest BCUT2D eigenvalue weighted by Gasteiger charge is -2.39. The van der Waals surface area contributed by atoms with E-state index in [9.17, 15) is 0 Å². The van der Waals surface area contributed by atoms with Crippen LogP contribution in [0.25, 0.3) is 0 Å². The van der Waals surface area contributed by atoms with Gasteiger partial charge in [-0.25, -0.2) is 0 Å². The summed E-state index contributed by atoms with van der Waals surface area (Å²) < 4.78 is 0. The molecule has 0 radical (unpaired) electrons. The van der Waals surface area contributed by atoms with Crippen molar-refractivity contribution in [2.75, 3.05) is 39.3 Å². The van der Waals surface area contributed by atoms with E-state index in [0.717, 1.165) is 32.1 Å². The highest BCUT2D eigenvalue weighted by Gasteiger charge is 2.24. The Morgan fingerprint density at radius 1 is 1.16 bits per heavy atom. The molecule has 1 atom stereocenters. The first-order chi connectivity index (χ1) is 9.20. The fourth-order valence-electron chi connectivity index (χ4n) is 2.86. The third-order valence-corrected chi connectivity index (χ3v) is 3.79. The van der Waals surface area contributed by atoms with Gasteiger partial charge < -0.3 is 10.6 Å². The number of piperazine rings is 1. The highest BCUT2D eigenvalue weighted by Crippen LogP contribution is 2.20. The molecule has 2 heterocycles. The minimum absolute atomic E-state index is 0.337. The van der Waals surface area contributed by atoms with E-state index in [1.165, 1.54) is 12.1 Å². The second kappa shape index (κ2) is 6.98. The van der Waals surface area contributed by atoms with E-state index in [1.54, 1.807) is 0 Å². The van der Waals surface area contributed by atoms with Crippen LogP contribution in [0, 0.1) is 5.92 Å². The summed E-state index contributed by atoms with van der Waals surface area (Å²) in [6, 6.07) is 4.50. The van der Waals surface area contributed by atoms with E-state index in [-0.39, 0.29) is 0 Å². The molecule has 4 nitrogen and oxygen atoms in total. The average molecular weight is 262 g/mol. The number of nitrogens with two attached hydrogens (primary N) is 1. The van der Waals surface area contributed by atoms with Crippen molar-refractivity contribution in [3.05, 3.63) is 30.1 Å². The van der Waals surface area contributed by atoms with Crippen molar-refractivity contribution in [3.63, 3.8) is 0 Å². The molecule has 4 heteroatoms. The van der Waals surface area contributed by atoms with Crippen LogP contribution in [0.15, 0.2) is 24.5 Å². The van der Waals surface area contributed by atoms with Crippen molar-refractivity contribution in [1.29, 1.82) is 0 Å². The lowest BCUT2D eigenvalue weighted by atomic mass is 10.1. The number of hydrogen-bond acceptors (Lipinski definition) is 4. The normalized spacial score (nSPS) is 19.8. The zero-order chi connectivity index (χ0) is 13.7. The monoisotopic (exact) mass is 262 g/mol. The Hall–Kier alpha value is -0.970.